The number of carbonyl (C=O) groups is 1. The Balaban J connectivity index is 1.40. The highest BCUT2D eigenvalue weighted by Crippen LogP contribution is 2.32. The molecule has 0 bridgehead atoms. The predicted octanol–water partition coefficient (Wildman–Crippen LogP) is 4.78. The lowest BCUT2D eigenvalue weighted by Crippen LogP contribution is -2.14. The molecule has 1 aliphatic rings. The van der Waals surface area contributed by atoms with Crippen LogP contribution in [0.4, 0.5) is 17.3 Å². The minimum absolute atomic E-state index is 0.144. The smallest absolute Gasteiger partial charge is 0.234 e. The van der Waals surface area contributed by atoms with Crippen LogP contribution in [0.2, 0.25) is 10.0 Å². The van der Waals surface area contributed by atoms with Crippen molar-refractivity contribution in [2.45, 2.75) is 18.6 Å². The van der Waals surface area contributed by atoms with E-state index in [2.05, 4.69) is 51.6 Å². The molecule has 2 aromatic carbocycles. The Bertz CT molecular complexity index is 1020. The largest absolute Gasteiger partial charge is 0.325 e. The molecule has 3 aromatic rings. The summed E-state index contributed by atoms with van der Waals surface area (Å²) in [4.78, 5) is 14.4. The van der Waals surface area contributed by atoms with E-state index < -0.39 is 0 Å². The summed E-state index contributed by atoms with van der Waals surface area (Å²) in [5.74, 6) is 0.883. The van der Waals surface area contributed by atoms with E-state index in [0.29, 0.717) is 15.7 Å². The van der Waals surface area contributed by atoms with Crippen molar-refractivity contribution in [1.82, 2.24) is 14.8 Å². The second-order valence-electron chi connectivity index (χ2n) is 6.39. The monoisotopic (exact) mass is 433 g/mol. The number of hydrogen-bond acceptors (Lipinski definition) is 5. The molecule has 0 saturated carbocycles. The first-order valence-electron chi connectivity index (χ1n) is 8.66. The van der Waals surface area contributed by atoms with Crippen molar-refractivity contribution in [2.75, 3.05) is 22.5 Å². The summed E-state index contributed by atoms with van der Waals surface area (Å²) in [6, 6.07) is 13.3. The Labute approximate surface area is 176 Å². The summed E-state index contributed by atoms with van der Waals surface area (Å²) in [6.07, 6.45) is 0. The van der Waals surface area contributed by atoms with Gasteiger partial charge in [-0.2, -0.15) is 0 Å². The van der Waals surface area contributed by atoms with Gasteiger partial charge in [0.25, 0.3) is 0 Å². The third-order valence-corrected chi connectivity index (χ3v) is 6.07. The maximum Gasteiger partial charge on any atom is 0.234 e. The minimum Gasteiger partial charge on any atom is -0.325 e. The Morgan fingerprint density at radius 2 is 1.89 bits per heavy atom. The van der Waals surface area contributed by atoms with E-state index in [4.69, 9.17) is 23.2 Å². The lowest BCUT2D eigenvalue weighted by Gasteiger charge is -2.15. The van der Waals surface area contributed by atoms with Crippen molar-refractivity contribution in [1.29, 1.82) is 0 Å². The zero-order valence-electron chi connectivity index (χ0n) is 15.0. The predicted molar refractivity (Wildman–Crippen MR) is 114 cm³/mol. The van der Waals surface area contributed by atoms with Crippen molar-refractivity contribution < 1.29 is 4.79 Å². The standard InChI is InChI=1S/C19H17Cl2N5OS/c1-12-2-5-14(6-3-12)25-8-9-26-18(25)23-24-19(26)28-11-17(27)22-13-4-7-15(20)16(21)10-13/h2-7,10H,8-9,11H2,1H3,(H,22,27). The van der Waals surface area contributed by atoms with Crippen LogP contribution in [0.1, 0.15) is 5.56 Å². The molecular weight excluding hydrogens is 417 g/mol. The highest BCUT2D eigenvalue weighted by molar-refractivity contribution is 7.99. The van der Waals surface area contributed by atoms with Crippen LogP contribution in [-0.4, -0.2) is 33.0 Å². The van der Waals surface area contributed by atoms with E-state index in [1.807, 2.05) is 4.57 Å². The van der Waals surface area contributed by atoms with E-state index in [9.17, 15) is 4.79 Å². The van der Waals surface area contributed by atoms with Gasteiger partial charge in [-0.05, 0) is 37.3 Å². The van der Waals surface area contributed by atoms with Crippen LogP contribution in [0, 0.1) is 6.92 Å². The number of nitrogens with zero attached hydrogens (tertiary/aromatic N) is 4. The molecule has 6 nitrogen and oxygen atoms in total. The fraction of sp³-hybridized carbons (Fsp3) is 0.211. The topological polar surface area (TPSA) is 63.1 Å². The van der Waals surface area contributed by atoms with Gasteiger partial charge in [-0.25, -0.2) is 0 Å². The van der Waals surface area contributed by atoms with Crippen LogP contribution in [0.5, 0.6) is 0 Å². The SMILES string of the molecule is Cc1ccc(N2CCn3c(SCC(=O)Nc4ccc(Cl)c(Cl)c4)nnc32)cc1. The number of rotatable bonds is 5. The Kier molecular flexibility index (Phi) is 5.48. The molecule has 0 atom stereocenters. The van der Waals surface area contributed by atoms with Crippen LogP contribution in [0.3, 0.4) is 0 Å². The number of carbonyl (C=O) groups excluding carboxylic acids is 1. The van der Waals surface area contributed by atoms with Crippen molar-refractivity contribution in [2.24, 2.45) is 0 Å². The lowest BCUT2D eigenvalue weighted by atomic mass is 10.2. The average Bonchev–Trinajstić information content (AvgIpc) is 3.26. The molecule has 28 heavy (non-hydrogen) atoms. The Hall–Kier alpha value is -2.22. The van der Waals surface area contributed by atoms with Crippen LogP contribution in [-0.2, 0) is 11.3 Å². The fourth-order valence-corrected chi connectivity index (χ4v) is 4.01. The molecule has 0 fully saturated rings. The minimum atomic E-state index is -0.144. The molecule has 1 N–H and O–H groups in total. The molecule has 0 saturated heterocycles. The number of halogens is 2. The molecule has 0 spiro atoms. The molecule has 2 heterocycles. The van der Waals surface area contributed by atoms with Crippen LogP contribution in [0.15, 0.2) is 47.6 Å². The number of fused-ring (bicyclic) bond motifs is 1. The molecule has 9 heteroatoms. The number of amides is 1. The summed E-state index contributed by atoms with van der Waals surface area (Å²) < 4.78 is 2.04. The second kappa shape index (κ2) is 8.03. The van der Waals surface area contributed by atoms with Crippen LogP contribution >= 0.6 is 35.0 Å². The molecule has 0 aliphatic carbocycles. The van der Waals surface area contributed by atoms with E-state index in [1.54, 1.807) is 18.2 Å². The van der Waals surface area contributed by atoms with E-state index in [1.165, 1.54) is 17.3 Å². The summed E-state index contributed by atoms with van der Waals surface area (Å²) >= 11 is 13.2. The first-order valence-corrected chi connectivity index (χ1v) is 10.4. The van der Waals surface area contributed by atoms with E-state index in [0.717, 1.165) is 29.9 Å². The summed E-state index contributed by atoms with van der Waals surface area (Å²) in [5, 5.41) is 13.0. The van der Waals surface area contributed by atoms with Gasteiger partial charge in [0.2, 0.25) is 11.9 Å². The van der Waals surface area contributed by atoms with Gasteiger partial charge in [-0.1, -0.05) is 52.7 Å². The third-order valence-electron chi connectivity index (χ3n) is 4.37. The molecule has 144 valence electrons. The molecule has 1 amide bonds. The molecule has 0 unspecified atom stereocenters. The van der Waals surface area contributed by atoms with Crippen molar-refractivity contribution >= 4 is 58.2 Å². The van der Waals surface area contributed by atoms with Gasteiger partial charge in [0.1, 0.15) is 0 Å². The van der Waals surface area contributed by atoms with Gasteiger partial charge in [-0.3, -0.25) is 9.36 Å². The van der Waals surface area contributed by atoms with Crippen molar-refractivity contribution in [3.8, 4) is 0 Å². The molecular formula is C19H17Cl2N5OS. The van der Waals surface area contributed by atoms with Gasteiger partial charge in [0.15, 0.2) is 5.16 Å². The van der Waals surface area contributed by atoms with E-state index in [-0.39, 0.29) is 11.7 Å². The average molecular weight is 434 g/mol. The quantitative estimate of drug-likeness (QED) is 0.586. The number of thioether (sulfide) groups is 1. The zero-order valence-corrected chi connectivity index (χ0v) is 17.4. The third kappa shape index (κ3) is 3.97. The van der Waals surface area contributed by atoms with Crippen LogP contribution in [0.25, 0.3) is 0 Å². The highest BCUT2D eigenvalue weighted by Gasteiger charge is 2.26. The number of aryl methyl sites for hydroxylation is 1. The Morgan fingerprint density at radius 3 is 2.64 bits per heavy atom. The molecule has 1 aromatic heterocycles. The summed E-state index contributed by atoms with van der Waals surface area (Å²) in [7, 11) is 0. The molecule has 1 aliphatic heterocycles. The second-order valence-corrected chi connectivity index (χ2v) is 8.14. The summed E-state index contributed by atoms with van der Waals surface area (Å²) in [6.45, 7) is 3.68. The number of anilines is 3. The number of nitrogens with one attached hydrogen (secondary N) is 1. The summed E-state index contributed by atoms with van der Waals surface area (Å²) in [5.41, 5.74) is 2.91. The number of benzene rings is 2. The normalized spacial score (nSPS) is 12.9. The number of hydrogen-bond donors (Lipinski definition) is 1. The van der Waals surface area contributed by atoms with Crippen molar-refractivity contribution in [3.63, 3.8) is 0 Å². The Morgan fingerprint density at radius 1 is 1.11 bits per heavy atom. The highest BCUT2D eigenvalue weighted by atomic mass is 35.5. The number of aromatic nitrogens is 3. The molecule has 4 rings (SSSR count). The fourth-order valence-electron chi connectivity index (χ4n) is 2.95. The van der Waals surface area contributed by atoms with Gasteiger partial charge in [0.05, 0.1) is 15.8 Å². The van der Waals surface area contributed by atoms with Crippen molar-refractivity contribution in [3.05, 3.63) is 58.1 Å². The maximum absolute atomic E-state index is 12.2. The lowest BCUT2D eigenvalue weighted by molar-refractivity contribution is -0.113. The van der Waals surface area contributed by atoms with Gasteiger partial charge in [-0.15, -0.1) is 10.2 Å². The first-order chi connectivity index (χ1) is 13.5. The van der Waals surface area contributed by atoms with Gasteiger partial charge < -0.3 is 10.2 Å². The van der Waals surface area contributed by atoms with Crippen LogP contribution < -0.4 is 10.2 Å². The maximum atomic E-state index is 12.2. The van der Waals surface area contributed by atoms with Gasteiger partial charge >= 0.3 is 0 Å². The first kappa shape index (κ1) is 19.1. The molecule has 0 radical (unpaired) electrons. The zero-order chi connectivity index (χ0) is 19.7. The van der Waals surface area contributed by atoms with E-state index >= 15 is 0 Å². The van der Waals surface area contributed by atoms with Gasteiger partial charge in [0, 0.05) is 24.5 Å².